The molecule has 9 heavy (non-hydrogen) atoms. The van der Waals surface area contributed by atoms with Gasteiger partial charge in [-0.15, -0.1) is 0 Å². The normalized spacial score (nSPS) is 19.6. The fraction of sp³-hybridized carbons (Fsp3) is 0.500. The second-order valence-electron chi connectivity index (χ2n) is 2.42. The Morgan fingerprint density at radius 3 is 2.89 bits per heavy atom. The molecule has 1 aliphatic heterocycles. The van der Waals surface area contributed by atoms with Crippen molar-refractivity contribution < 1.29 is 5.32 Å². The maximum absolute atomic E-state index is 3.97. The van der Waals surface area contributed by atoms with Crippen LogP contribution in [0.3, 0.4) is 0 Å². The smallest absolute Gasteiger partial charge is 0.132 e. The van der Waals surface area contributed by atoms with Crippen LogP contribution in [0.15, 0.2) is 18.7 Å². The quantitative estimate of drug-likeness (QED) is 0.512. The predicted octanol–water partition coefficient (Wildman–Crippen LogP) is -0.999. The number of rotatable bonds is 1. The standard InChI is InChI=1S/C6H9N3/c1-2-9(5-7-1)6-3-8-4-6/h1-2,5-6,8H,3-4H2/p+1. The van der Waals surface area contributed by atoms with Crippen molar-refractivity contribution >= 4 is 0 Å². The topological polar surface area (TPSA) is 34.4 Å². The van der Waals surface area contributed by atoms with Crippen molar-refractivity contribution in [2.45, 2.75) is 6.04 Å². The Morgan fingerprint density at radius 1 is 1.56 bits per heavy atom. The Bertz CT molecular complexity index is 176. The number of nitrogens with two attached hydrogens (primary N) is 1. The molecule has 0 amide bonds. The molecule has 2 N–H and O–H groups in total. The fourth-order valence-corrected chi connectivity index (χ4v) is 1.04. The highest BCUT2D eigenvalue weighted by Crippen LogP contribution is 2.03. The van der Waals surface area contributed by atoms with Gasteiger partial charge in [-0.3, -0.25) is 0 Å². The van der Waals surface area contributed by atoms with E-state index in [0.717, 1.165) is 0 Å². The van der Waals surface area contributed by atoms with E-state index in [0.29, 0.717) is 6.04 Å². The van der Waals surface area contributed by atoms with E-state index in [1.807, 2.05) is 18.7 Å². The summed E-state index contributed by atoms with van der Waals surface area (Å²) in [4.78, 5) is 3.97. The van der Waals surface area contributed by atoms with Gasteiger partial charge in [-0.05, 0) is 0 Å². The minimum atomic E-state index is 0.715. The fourth-order valence-electron chi connectivity index (χ4n) is 1.04. The summed E-state index contributed by atoms with van der Waals surface area (Å²) in [7, 11) is 0. The molecule has 0 spiro atoms. The maximum Gasteiger partial charge on any atom is 0.132 e. The molecular weight excluding hydrogens is 114 g/mol. The lowest BCUT2D eigenvalue weighted by atomic mass is 10.2. The molecule has 1 fully saturated rings. The summed E-state index contributed by atoms with van der Waals surface area (Å²) >= 11 is 0. The third-order valence-electron chi connectivity index (χ3n) is 1.82. The highest BCUT2D eigenvalue weighted by Gasteiger charge is 2.21. The van der Waals surface area contributed by atoms with E-state index < -0.39 is 0 Å². The zero-order valence-electron chi connectivity index (χ0n) is 5.20. The van der Waals surface area contributed by atoms with Gasteiger partial charge in [0.15, 0.2) is 0 Å². The van der Waals surface area contributed by atoms with E-state index >= 15 is 0 Å². The minimum absolute atomic E-state index is 0.715. The molecule has 1 aliphatic rings. The first-order valence-corrected chi connectivity index (χ1v) is 3.26. The third kappa shape index (κ3) is 0.733. The molecule has 0 aliphatic carbocycles. The van der Waals surface area contributed by atoms with Crippen LogP contribution in [0.4, 0.5) is 0 Å². The van der Waals surface area contributed by atoms with E-state index in [1.165, 1.54) is 13.1 Å². The summed E-state index contributed by atoms with van der Waals surface area (Å²) in [6, 6.07) is 0.715. The third-order valence-corrected chi connectivity index (χ3v) is 1.82. The monoisotopic (exact) mass is 124 g/mol. The largest absolute Gasteiger partial charge is 0.342 e. The highest BCUT2D eigenvalue weighted by atomic mass is 15.2. The van der Waals surface area contributed by atoms with Crippen molar-refractivity contribution in [3.63, 3.8) is 0 Å². The van der Waals surface area contributed by atoms with E-state index in [2.05, 4.69) is 14.9 Å². The van der Waals surface area contributed by atoms with E-state index in [1.54, 1.807) is 0 Å². The van der Waals surface area contributed by atoms with Crippen LogP contribution in [0.2, 0.25) is 0 Å². The zero-order valence-corrected chi connectivity index (χ0v) is 5.20. The maximum atomic E-state index is 3.97. The second kappa shape index (κ2) is 1.84. The van der Waals surface area contributed by atoms with Gasteiger partial charge in [0.1, 0.15) is 19.1 Å². The molecule has 0 atom stereocenters. The molecule has 0 aromatic carbocycles. The number of imidazole rings is 1. The summed E-state index contributed by atoms with van der Waals surface area (Å²) in [6.45, 7) is 2.44. The molecule has 3 nitrogen and oxygen atoms in total. The van der Waals surface area contributed by atoms with Crippen molar-refractivity contribution in [3.8, 4) is 0 Å². The number of aromatic nitrogens is 2. The molecule has 3 heteroatoms. The Labute approximate surface area is 53.7 Å². The van der Waals surface area contributed by atoms with Crippen molar-refractivity contribution in [1.82, 2.24) is 9.55 Å². The molecule has 1 aromatic rings. The van der Waals surface area contributed by atoms with Crippen molar-refractivity contribution in [1.29, 1.82) is 0 Å². The first-order valence-electron chi connectivity index (χ1n) is 3.26. The van der Waals surface area contributed by atoms with Gasteiger partial charge in [0.25, 0.3) is 0 Å². The summed E-state index contributed by atoms with van der Waals surface area (Å²) < 4.78 is 2.17. The Balaban J connectivity index is 2.14. The van der Waals surface area contributed by atoms with Crippen LogP contribution in [0.1, 0.15) is 6.04 Å². The number of hydrogen-bond acceptors (Lipinski definition) is 1. The zero-order chi connectivity index (χ0) is 6.10. The van der Waals surface area contributed by atoms with Crippen LogP contribution >= 0.6 is 0 Å². The van der Waals surface area contributed by atoms with Crippen LogP contribution in [-0.2, 0) is 0 Å². The van der Waals surface area contributed by atoms with Gasteiger partial charge < -0.3 is 9.88 Å². The number of hydrogen-bond donors (Lipinski definition) is 1. The van der Waals surface area contributed by atoms with Crippen LogP contribution in [0.25, 0.3) is 0 Å². The molecule has 0 saturated carbocycles. The van der Waals surface area contributed by atoms with Crippen LogP contribution in [0.5, 0.6) is 0 Å². The minimum Gasteiger partial charge on any atom is -0.342 e. The Kier molecular flexibility index (Phi) is 1.02. The molecule has 1 saturated heterocycles. The molecule has 2 heterocycles. The van der Waals surface area contributed by atoms with Gasteiger partial charge >= 0.3 is 0 Å². The van der Waals surface area contributed by atoms with Gasteiger partial charge in [0.05, 0.1) is 6.33 Å². The average molecular weight is 124 g/mol. The van der Waals surface area contributed by atoms with E-state index in [9.17, 15) is 0 Å². The Hall–Kier alpha value is -0.830. The predicted molar refractivity (Wildman–Crippen MR) is 32.9 cm³/mol. The van der Waals surface area contributed by atoms with Gasteiger partial charge in [-0.1, -0.05) is 0 Å². The summed E-state index contributed by atoms with van der Waals surface area (Å²) in [6.07, 6.45) is 5.74. The SMILES string of the molecule is c1cn(C2C[NH2+]C2)cn1. The lowest BCUT2D eigenvalue weighted by molar-refractivity contribution is -0.718. The highest BCUT2D eigenvalue weighted by molar-refractivity contribution is 4.81. The first kappa shape index (κ1) is 4.99. The number of quaternary nitrogens is 1. The van der Waals surface area contributed by atoms with Crippen LogP contribution in [-0.4, -0.2) is 22.6 Å². The Morgan fingerprint density at radius 2 is 2.44 bits per heavy atom. The lowest BCUT2D eigenvalue weighted by Crippen LogP contribution is -2.96. The van der Waals surface area contributed by atoms with Crippen molar-refractivity contribution in [2.24, 2.45) is 0 Å². The van der Waals surface area contributed by atoms with Crippen molar-refractivity contribution in [3.05, 3.63) is 18.7 Å². The first-order chi connectivity index (χ1) is 4.47. The summed E-state index contributed by atoms with van der Waals surface area (Å²) in [5.74, 6) is 0. The van der Waals surface area contributed by atoms with Gasteiger partial charge in [-0.25, -0.2) is 4.98 Å². The van der Waals surface area contributed by atoms with E-state index in [4.69, 9.17) is 0 Å². The molecule has 0 radical (unpaired) electrons. The van der Waals surface area contributed by atoms with Crippen LogP contribution < -0.4 is 5.32 Å². The molecule has 0 unspecified atom stereocenters. The number of nitrogens with zero attached hydrogens (tertiary/aromatic N) is 2. The molecule has 48 valence electrons. The van der Waals surface area contributed by atoms with E-state index in [-0.39, 0.29) is 0 Å². The second-order valence-corrected chi connectivity index (χ2v) is 2.42. The molecular formula is C6H10N3+. The molecule has 1 aromatic heterocycles. The van der Waals surface area contributed by atoms with Gasteiger partial charge in [0.2, 0.25) is 0 Å². The molecule has 0 bridgehead atoms. The average Bonchev–Trinajstić information content (AvgIpc) is 2.11. The van der Waals surface area contributed by atoms with Gasteiger partial charge in [0, 0.05) is 12.4 Å². The molecule has 2 rings (SSSR count). The summed E-state index contributed by atoms with van der Waals surface area (Å²) in [5, 5.41) is 2.30. The lowest BCUT2D eigenvalue weighted by Gasteiger charge is -2.23. The van der Waals surface area contributed by atoms with Crippen molar-refractivity contribution in [2.75, 3.05) is 13.1 Å². The summed E-state index contributed by atoms with van der Waals surface area (Å²) in [5.41, 5.74) is 0. The van der Waals surface area contributed by atoms with Crippen LogP contribution in [0, 0.1) is 0 Å². The van der Waals surface area contributed by atoms with Gasteiger partial charge in [-0.2, -0.15) is 0 Å².